The van der Waals surface area contributed by atoms with Crippen LogP contribution in [0.4, 0.5) is 0 Å². The predicted molar refractivity (Wildman–Crippen MR) is 143 cm³/mol. The SMILES string of the molecule is CC(C)(C)OC(=O)c1ccc(OCCOc2ccc(OC(=O)/C=C/c3ccc(I)cc3)cc2)cc1. The molecule has 0 aliphatic heterocycles. The minimum Gasteiger partial charge on any atom is -0.490 e. The lowest BCUT2D eigenvalue weighted by molar-refractivity contribution is -0.128. The van der Waals surface area contributed by atoms with Crippen LogP contribution in [0.1, 0.15) is 36.7 Å². The van der Waals surface area contributed by atoms with Crippen LogP contribution in [0.2, 0.25) is 0 Å². The molecule has 0 aromatic heterocycles. The van der Waals surface area contributed by atoms with Crippen LogP contribution in [0.15, 0.2) is 78.9 Å². The Morgan fingerprint density at radius 2 is 1.29 bits per heavy atom. The van der Waals surface area contributed by atoms with Crippen LogP contribution in [-0.2, 0) is 9.53 Å². The summed E-state index contributed by atoms with van der Waals surface area (Å²) in [7, 11) is 0. The summed E-state index contributed by atoms with van der Waals surface area (Å²) in [5.74, 6) is 0.854. The summed E-state index contributed by atoms with van der Waals surface area (Å²) in [5.41, 5.74) is 0.851. The molecule has 0 amide bonds. The maximum absolute atomic E-state index is 12.1. The first-order valence-electron chi connectivity index (χ1n) is 11.0. The molecule has 0 saturated heterocycles. The molecule has 0 bridgehead atoms. The summed E-state index contributed by atoms with van der Waals surface area (Å²) in [5, 5.41) is 0. The van der Waals surface area contributed by atoms with Gasteiger partial charge in [-0.25, -0.2) is 9.59 Å². The fraction of sp³-hybridized carbons (Fsp3) is 0.214. The van der Waals surface area contributed by atoms with Crippen molar-refractivity contribution < 1.29 is 28.5 Å². The quantitative estimate of drug-likeness (QED) is 0.0961. The number of esters is 2. The van der Waals surface area contributed by atoms with Crippen LogP contribution in [0.25, 0.3) is 6.08 Å². The molecular formula is C28H27IO6. The first-order chi connectivity index (χ1) is 16.7. The normalized spacial score (nSPS) is 11.2. The molecule has 0 radical (unpaired) electrons. The number of rotatable bonds is 9. The number of carbonyl (C=O) groups is 2. The van der Waals surface area contributed by atoms with Crippen LogP contribution in [0, 0.1) is 3.57 Å². The lowest BCUT2D eigenvalue weighted by atomic mass is 10.1. The van der Waals surface area contributed by atoms with E-state index in [4.69, 9.17) is 18.9 Å². The third-order valence-electron chi connectivity index (χ3n) is 4.43. The third-order valence-corrected chi connectivity index (χ3v) is 5.15. The highest BCUT2D eigenvalue weighted by molar-refractivity contribution is 14.1. The van der Waals surface area contributed by atoms with Gasteiger partial charge in [0.1, 0.15) is 36.1 Å². The fourth-order valence-electron chi connectivity index (χ4n) is 2.84. The van der Waals surface area contributed by atoms with Gasteiger partial charge in [0.15, 0.2) is 0 Å². The van der Waals surface area contributed by atoms with Gasteiger partial charge >= 0.3 is 11.9 Å². The molecule has 3 aromatic carbocycles. The van der Waals surface area contributed by atoms with E-state index in [1.807, 2.05) is 45.0 Å². The van der Waals surface area contributed by atoms with E-state index < -0.39 is 11.6 Å². The Morgan fingerprint density at radius 1 is 0.771 bits per heavy atom. The first-order valence-corrected chi connectivity index (χ1v) is 12.1. The molecular weight excluding hydrogens is 559 g/mol. The summed E-state index contributed by atoms with van der Waals surface area (Å²) >= 11 is 2.23. The molecule has 3 rings (SSSR count). The molecule has 182 valence electrons. The standard InChI is InChI=1S/C28H27IO6/c1-28(2,3)35-27(31)21-7-11-23(12-8-21)32-18-19-33-24-13-15-25(16-14-24)34-26(30)17-6-20-4-9-22(29)10-5-20/h4-17H,18-19H2,1-3H3/b17-6+. The Bertz CT molecular complexity index is 1140. The van der Waals surface area contributed by atoms with E-state index in [1.165, 1.54) is 6.08 Å². The van der Waals surface area contributed by atoms with Crippen molar-refractivity contribution in [3.8, 4) is 17.2 Å². The molecule has 0 aliphatic carbocycles. The number of benzene rings is 3. The van der Waals surface area contributed by atoms with Gasteiger partial charge in [0.2, 0.25) is 0 Å². The van der Waals surface area contributed by atoms with Gasteiger partial charge in [0, 0.05) is 9.65 Å². The molecule has 0 N–H and O–H groups in total. The topological polar surface area (TPSA) is 71.1 Å². The molecule has 7 heteroatoms. The van der Waals surface area contributed by atoms with Crippen molar-refractivity contribution in [2.75, 3.05) is 13.2 Å². The zero-order chi connectivity index (χ0) is 25.3. The Balaban J connectivity index is 1.39. The van der Waals surface area contributed by atoms with Gasteiger partial charge in [0.25, 0.3) is 0 Å². The van der Waals surface area contributed by atoms with Gasteiger partial charge in [0.05, 0.1) is 5.56 Å². The maximum Gasteiger partial charge on any atom is 0.338 e. The van der Waals surface area contributed by atoms with Gasteiger partial charge in [-0.2, -0.15) is 0 Å². The van der Waals surface area contributed by atoms with Crippen LogP contribution in [-0.4, -0.2) is 30.8 Å². The molecule has 0 heterocycles. The van der Waals surface area contributed by atoms with E-state index in [1.54, 1.807) is 54.6 Å². The number of halogens is 1. The average molecular weight is 586 g/mol. The Morgan fingerprint density at radius 3 is 1.83 bits per heavy atom. The Kier molecular flexibility index (Phi) is 9.31. The van der Waals surface area contributed by atoms with E-state index >= 15 is 0 Å². The third kappa shape index (κ3) is 9.44. The van der Waals surface area contributed by atoms with Crippen molar-refractivity contribution in [2.24, 2.45) is 0 Å². The summed E-state index contributed by atoms with van der Waals surface area (Å²) in [4.78, 5) is 24.1. The molecule has 0 fully saturated rings. The summed E-state index contributed by atoms with van der Waals surface area (Å²) < 4.78 is 23.1. The molecule has 0 atom stereocenters. The second-order valence-corrected chi connectivity index (χ2v) is 9.75. The monoisotopic (exact) mass is 586 g/mol. The van der Waals surface area contributed by atoms with Crippen molar-refractivity contribution >= 4 is 40.6 Å². The lowest BCUT2D eigenvalue weighted by Gasteiger charge is -2.19. The largest absolute Gasteiger partial charge is 0.490 e. The number of hydrogen-bond donors (Lipinski definition) is 0. The molecule has 0 saturated carbocycles. The van der Waals surface area contributed by atoms with E-state index in [-0.39, 0.29) is 5.97 Å². The Labute approximate surface area is 219 Å². The van der Waals surface area contributed by atoms with E-state index in [2.05, 4.69) is 22.6 Å². The number of ether oxygens (including phenoxy) is 4. The van der Waals surface area contributed by atoms with E-state index in [0.717, 1.165) is 9.13 Å². The zero-order valence-electron chi connectivity index (χ0n) is 19.8. The highest BCUT2D eigenvalue weighted by Gasteiger charge is 2.17. The molecule has 6 nitrogen and oxygen atoms in total. The summed E-state index contributed by atoms with van der Waals surface area (Å²) in [6.07, 6.45) is 3.10. The van der Waals surface area contributed by atoms with Crippen molar-refractivity contribution in [1.82, 2.24) is 0 Å². The molecule has 0 aliphatic rings. The summed E-state index contributed by atoms with van der Waals surface area (Å²) in [6, 6.07) is 21.4. The van der Waals surface area contributed by atoms with Crippen LogP contribution in [0.5, 0.6) is 17.2 Å². The minimum absolute atomic E-state index is 0.325. The maximum atomic E-state index is 12.1. The zero-order valence-corrected chi connectivity index (χ0v) is 22.0. The van der Waals surface area contributed by atoms with Crippen LogP contribution in [0.3, 0.4) is 0 Å². The summed E-state index contributed by atoms with van der Waals surface area (Å²) in [6.45, 7) is 6.13. The molecule has 0 unspecified atom stereocenters. The lowest BCUT2D eigenvalue weighted by Crippen LogP contribution is -2.23. The average Bonchev–Trinajstić information content (AvgIpc) is 2.82. The highest BCUT2D eigenvalue weighted by atomic mass is 127. The first kappa shape index (κ1) is 26.3. The molecule has 3 aromatic rings. The molecule has 35 heavy (non-hydrogen) atoms. The van der Waals surface area contributed by atoms with Gasteiger partial charge < -0.3 is 18.9 Å². The van der Waals surface area contributed by atoms with Crippen molar-refractivity contribution in [1.29, 1.82) is 0 Å². The van der Waals surface area contributed by atoms with Crippen molar-refractivity contribution in [3.05, 3.63) is 93.6 Å². The highest BCUT2D eigenvalue weighted by Crippen LogP contribution is 2.19. The van der Waals surface area contributed by atoms with E-state index in [9.17, 15) is 9.59 Å². The van der Waals surface area contributed by atoms with Gasteiger partial charge in [-0.15, -0.1) is 0 Å². The van der Waals surface area contributed by atoms with Gasteiger partial charge in [-0.05, 0) is 116 Å². The Hall–Kier alpha value is -3.33. The second-order valence-electron chi connectivity index (χ2n) is 8.50. The fourth-order valence-corrected chi connectivity index (χ4v) is 3.20. The second kappa shape index (κ2) is 12.4. The van der Waals surface area contributed by atoms with Crippen molar-refractivity contribution in [3.63, 3.8) is 0 Å². The van der Waals surface area contributed by atoms with Crippen LogP contribution < -0.4 is 14.2 Å². The van der Waals surface area contributed by atoms with Gasteiger partial charge in [-0.3, -0.25) is 0 Å². The van der Waals surface area contributed by atoms with E-state index in [0.29, 0.717) is 36.0 Å². The smallest absolute Gasteiger partial charge is 0.338 e. The number of carbonyl (C=O) groups excluding carboxylic acids is 2. The van der Waals surface area contributed by atoms with Crippen LogP contribution >= 0.6 is 22.6 Å². The van der Waals surface area contributed by atoms with Crippen molar-refractivity contribution in [2.45, 2.75) is 26.4 Å². The molecule has 0 spiro atoms. The minimum atomic E-state index is -0.540. The van der Waals surface area contributed by atoms with Gasteiger partial charge in [-0.1, -0.05) is 12.1 Å². The predicted octanol–water partition coefficient (Wildman–Crippen LogP) is 6.32. The number of hydrogen-bond acceptors (Lipinski definition) is 6.